The molecule has 2 aliphatic carbocycles. The third-order valence-corrected chi connectivity index (χ3v) is 4.70. The van der Waals surface area contributed by atoms with Crippen molar-refractivity contribution in [1.82, 2.24) is 0 Å². The van der Waals surface area contributed by atoms with Crippen LogP contribution in [-0.4, -0.2) is 12.6 Å². The number of esters is 1. The van der Waals surface area contributed by atoms with Crippen molar-refractivity contribution >= 4 is 5.97 Å². The Kier molecular flexibility index (Phi) is 3.56. The maximum Gasteiger partial charge on any atom is 0.309 e. The monoisotopic (exact) mass is 224 g/mol. The molecule has 0 bridgehead atoms. The highest BCUT2D eigenvalue weighted by Crippen LogP contribution is 2.54. The van der Waals surface area contributed by atoms with Crippen LogP contribution in [0.25, 0.3) is 0 Å². The molecule has 0 radical (unpaired) electrons. The van der Waals surface area contributed by atoms with E-state index in [1.165, 1.54) is 44.9 Å². The third kappa shape index (κ3) is 1.99. The number of ether oxygens (including phenoxy) is 1. The summed E-state index contributed by atoms with van der Waals surface area (Å²) in [5.74, 6) is 0.784. The first kappa shape index (κ1) is 11.9. The van der Waals surface area contributed by atoms with E-state index in [-0.39, 0.29) is 11.9 Å². The summed E-state index contributed by atoms with van der Waals surface area (Å²) >= 11 is 0. The lowest BCUT2D eigenvalue weighted by molar-refractivity contribution is -0.158. The number of hydrogen-bond acceptors (Lipinski definition) is 2. The van der Waals surface area contributed by atoms with Crippen LogP contribution >= 0.6 is 0 Å². The molecule has 0 N–H and O–H groups in total. The first-order valence-corrected chi connectivity index (χ1v) is 6.86. The van der Waals surface area contributed by atoms with E-state index in [4.69, 9.17) is 4.74 Å². The van der Waals surface area contributed by atoms with E-state index in [1.807, 2.05) is 6.92 Å². The zero-order valence-electron chi connectivity index (χ0n) is 10.6. The van der Waals surface area contributed by atoms with Crippen LogP contribution < -0.4 is 0 Å². The molecule has 16 heavy (non-hydrogen) atoms. The number of rotatable bonds is 2. The fourth-order valence-corrected chi connectivity index (χ4v) is 4.06. The average molecular weight is 224 g/mol. The Labute approximate surface area is 98.7 Å². The first-order valence-electron chi connectivity index (χ1n) is 6.86. The van der Waals surface area contributed by atoms with Crippen LogP contribution in [0.2, 0.25) is 0 Å². The fraction of sp³-hybridized carbons (Fsp3) is 0.929. The predicted octanol–water partition coefficient (Wildman–Crippen LogP) is 3.55. The minimum atomic E-state index is 0.0802. The maximum absolute atomic E-state index is 12.1. The topological polar surface area (TPSA) is 26.3 Å². The van der Waals surface area contributed by atoms with Gasteiger partial charge in [0.25, 0.3) is 0 Å². The lowest BCUT2D eigenvalue weighted by Gasteiger charge is -2.43. The third-order valence-electron chi connectivity index (χ3n) is 4.70. The second-order valence-electron chi connectivity index (χ2n) is 5.67. The van der Waals surface area contributed by atoms with Crippen molar-refractivity contribution in [3.63, 3.8) is 0 Å². The van der Waals surface area contributed by atoms with E-state index in [1.54, 1.807) is 0 Å². The van der Waals surface area contributed by atoms with Gasteiger partial charge in [0.05, 0.1) is 12.5 Å². The Bertz CT molecular complexity index is 253. The summed E-state index contributed by atoms with van der Waals surface area (Å²) in [5, 5.41) is 0. The second-order valence-corrected chi connectivity index (χ2v) is 5.67. The summed E-state index contributed by atoms with van der Waals surface area (Å²) in [6, 6.07) is 0. The van der Waals surface area contributed by atoms with Crippen molar-refractivity contribution in [2.75, 3.05) is 6.61 Å². The Balaban J connectivity index is 2.17. The van der Waals surface area contributed by atoms with Gasteiger partial charge in [-0.3, -0.25) is 4.79 Å². The summed E-state index contributed by atoms with van der Waals surface area (Å²) in [5.41, 5.74) is 0.309. The SMILES string of the molecule is CCOC(=O)[C@@H]1[C@H](C)CCCC12CCCC2. The summed E-state index contributed by atoms with van der Waals surface area (Å²) in [4.78, 5) is 12.1. The minimum absolute atomic E-state index is 0.0802. The molecule has 0 aromatic carbocycles. The molecule has 0 saturated heterocycles. The van der Waals surface area contributed by atoms with Gasteiger partial charge in [-0.05, 0) is 43.9 Å². The van der Waals surface area contributed by atoms with Crippen molar-refractivity contribution in [3.8, 4) is 0 Å². The number of carbonyl (C=O) groups is 1. The van der Waals surface area contributed by atoms with Crippen LogP contribution in [0.5, 0.6) is 0 Å². The molecule has 0 aliphatic heterocycles. The smallest absolute Gasteiger partial charge is 0.309 e. The van der Waals surface area contributed by atoms with E-state index in [0.717, 1.165) is 0 Å². The Morgan fingerprint density at radius 3 is 2.50 bits per heavy atom. The van der Waals surface area contributed by atoms with Crippen molar-refractivity contribution in [3.05, 3.63) is 0 Å². The predicted molar refractivity (Wildman–Crippen MR) is 64.0 cm³/mol. The molecule has 2 rings (SSSR count). The van der Waals surface area contributed by atoms with Gasteiger partial charge in [0.1, 0.15) is 0 Å². The highest BCUT2D eigenvalue weighted by Gasteiger charge is 2.49. The van der Waals surface area contributed by atoms with E-state index in [2.05, 4.69) is 6.92 Å². The fourth-order valence-electron chi connectivity index (χ4n) is 4.06. The molecule has 2 aliphatic rings. The Morgan fingerprint density at radius 2 is 1.88 bits per heavy atom. The molecule has 2 nitrogen and oxygen atoms in total. The maximum atomic E-state index is 12.1. The van der Waals surface area contributed by atoms with Crippen LogP contribution in [0.3, 0.4) is 0 Å². The molecule has 2 fully saturated rings. The normalized spacial score (nSPS) is 32.9. The van der Waals surface area contributed by atoms with Crippen LogP contribution in [0, 0.1) is 17.3 Å². The van der Waals surface area contributed by atoms with E-state index in [9.17, 15) is 4.79 Å². The minimum Gasteiger partial charge on any atom is -0.466 e. The first-order chi connectivity index (χ1) is 7.69. The van der Waals surface area contributed by atoms with Gasteiger partial charge >= 0.3 is 5.97 Å². The van der Waals surface area contributed by atoms with Gasteiger partial charge in [-0.15, -0.1) is 0 Å². The molecule has 2 atom stereocenters. The number of carbonyl (C=O) groups excluding carboxylic acids is 1. The quantitative estimate of drug-likeness (QED) is 0.670. The van der Waals surface area contributed by atoms with E-state index >= 15 is 0 Å². The van der Waals surface area contributed by atoms with Crippen LogP contribution in [0.4, 0.5) is 0 Å². The van der Waals surface area contributed by atoms with Crippen molar-refractivity contribution < 1.29 is 9.53 Å². The molecule has 0 heterocycles. The zero-order valence-corrected chi connectivity index (χ0v) is 10.6. The highest BCUT2D eigenvalue weighted by molar-refractivity contribution is 5.74. The average Bonchev–Trinajstić information content (AvgIpc) is 2.67. The lowest BCUT2D eigenvalue weighted by Crippen LogP contribution is -2.42. The molecule has 0 unspecified atom stereocenters. The van der Waals surface area contributed by atoms with Gasteiger partial charge in [-0.1, -0.05) is 26.2 Å². The Hall–Kier alpha value is -0.530. The lowest BCUT2D eigenvalue weighted by atomic mass is 9.61. The molecular formula is C14H24O2. The molecule has 0 aromatic rings. The molecule has 92 valence electrons. The van der Waals surface area contributed by atoms with Crippen molar-refractivity contribution in [1.29, 1.82) is 0 Å². The molecule has 2 heteroatoms. The summed E-state index contributed by atoms with van der Waals surface area (Å²) < 4.78 is 5.30. The van der Waals surface area contributed by atoms with Crippen molar-refractivity contribution in [2.45, 2.75) is 58.8 Å². The van der Waals surface area contributed by atoms with Gasteiger partial charge in [-0.2, -0.15) is 0 Å². The Morgan fingerprint density at radius 1 is 1.25 bits per heavy atom. The van der Waals surface area contributed by atoms with Crippen LogP contribution in [-0.2, 0) is 9.53 Å². The highest BCUT2D eigenvalue weighted by atomic mass is 16.5. The standard InChI is InChI=1S/C14H24O2/c1-3-16-13(15)12-11(2)7-6-10-14(12)8-4-5-9-14/h11-12H,3-10H2,1-2H3/t11-,12+/m1/s1. The van der Waals surface area contributed by atoms with Gasteiger partial charge in [-0.25, -0.2) is 0 Å². The van der Waals surface area contributed by atoms with E-state index < -0.39 is 0 Å². The number of hydrogen-bond donors (Lipinski definition) is 0. The molecule has 0 aromatic heterocycles. The molecular weight excluding hydrogens is 200 g/mol. The summed E-state index contributed by atoms with van der Waals surface area (Å²) in [6.45, 7) is 4.67. The molecule has 1 spiro atoms. The largest absolute Gasteiger partial charge is 0.466 e. The zero-order chi connectivity index (χ0) is 11.6. The molecule has 2 saturated carbocycles. The van der Waals surface area contributed by atoms with Crippen LogP contribution in [0.1, 0.15) is 58.8 Å². The van der Waals surface area contributed by atoms with Gasteiger partial charge in [0, 0.05) is 0 Å². The van der Waals surface area contributed by atoms with Gasteiger partial charge < -0.3 is 4.74 Å². The van der Waals surface area contributed by atoms with Gasteiger partial charge in [0.2, 0.25) is 0 Å². The van der Waals surface area contributed by atoms with Crippen LogP contribution in [0.15, 0.2) is 0 Å². The second kappa shape index (κ2) is 4.77. The summed E-state index contributed by atoms with van der Waals surface area (Å²) in [7, 11) is 0. The molecule has 0 amide bonds. The van der Waals surface area contributed by atoms with Crippen molar-refractivity contribution in [2.24, 2.45) is 17.3 Å². The van der Waals surface area contributed by atoms with E-state index in [0.29, 0.717) is 17.9 Å². The summed E-state index contributed by atoms with van der Waals surface area (Å²) in [6.07, 6.45) is 8.87. The van der Waals surface area contributed by atoms with Gasteiger partial charge in [0.15, 0.2) is 0 Å².